The van der Waals surface area contributed by atoms with Crippen molar-refractivity contribution in [3.63, 3.8) is 0 Å². The van der Waals surface area contributed by atoms with Gasteiger partial charge in [0.15, 0.2) is 0 Å². The maximum absolute atomic E-state index is 12.1. The first kappa shape index (κ1) is 17.4. The van der Waals surface area contributed by atoms with Crippen LogP contribution < -0.4 is 5.43 Å². The lowest BCUT2D eigenvalue weighted by Gasteiger charge is -2.15. The molecule has 0 aromatic heterocycles. The second-order valence-electron chi connectivity index (χ2n) is 5.93. The highest BCUT2D eigenvalue weighted by molar-refractivity contribution is 9.10. The van der Waals surface area contributed by atoms with Gasteiger partial charge in [0.25, 0.3) is 5.91 Å². The van der Waals surface area contributed by atoms with Gasteiger partial charge in [-0.05, 0) is 23.3 Å². The van der Waals surface area contributed by atoms with Crippen LogP contribution in [0.3, 0.4) is 0 Å². The van der Waals surface area contributed by atoms with Crippen LogP contribution in [0, 0.1) is 0 Å². The van der Waals surface area contributed by atoms with E-state index in [1.807, 2.05) is 54.6 Å². The predicted molar refractivity (Wildman–Crippen MR) is 100 cm³/mol. The first-order valence-corrected chi connectivity index (χ1v) is 8.81. The number of benzene rings is 2. The lowest BCUT2D eigenvalue weighted by Crippen LogP contribution is -2.36. The van der Waals surface area contributed by atoms with E-state index in [2.05, 4.69) is 26.5 Å². The molecule has 0 bridgehead atoms. The molecule has 1 aliphatic rings. The van der Waals surface area contributed by atoms with E-state index < -0.39 is 0 Å². The molecular formula is C19H18BrN3O2. The number of halogens is 1. The van der Waals surface area contributed by atoms with Gasteiger partial charge in [-0.2, -0.15) is 5.10 Å². The molecule has 0 aliphatic carbocycles. The first-order valence-electron chi connectivity index (χ1n) is 8.02. The molecule has 1 aliphatic heterocycles. The topological polar surface area (TPSA) is 61.8 Å². The van der Waals surface area contributed by atoms with Crippen LogP contribution in [0.25, 0.3) is 0 Å². The number of likely N-dealkylation sites (tertiary alicyclic amines) is 1. The molecule has 0 unspecified atom stereocenters. The molecule has 0 saturated carbocycles. The molecule has 2 amide bonds. The Morgan fingerprint density at radius 2 is 2.04 bits per heavy atom. The van der Waals surface area contributed by atoms with Crippen LogP contribution in [0.2, 0.25) is 0 Å². The minimum absolute atomic E-state index is 0.0000254. The summed E-state index contributed by atoms with van der Waals surface area (Å²) < 4.78 is 0.942. The zero-order valence-electron chi connectivity index (χ0n) is 13.6. The molecule has 1 N–H and O–H groups in total. The Morgan fingerprint density at radius 3 is 2.80 bits per heavy atom. The van der Waals surface area contributed by atoms with Crippen molar-refractivity contribution in [3.05, 3.63) is 70.2 Å². The van der Waals surface area contributed by atoms with E-state index in [0.29, 0.717) is 13.0 Å². The van der Waals surface area contributed by atoms with E-state index in [4.69, 9.17) is 0 Å². The summed E-state index contributed by atoms with van der Waals surface area (Å²) in [7, 11) is 0. The number of hydrazone groups is 1. The van der Waals surface area contributed by atoms with Crippen molar-refractivity contribution in [1.82, 2.24) is 10.3 Å². The van der Waals surface area contributed by atoms with Crippen LogP contribution in [0.5, 0.6) is 0 Å². The largest absolute Gasteiger partial charge is 0.333 e. The Kier molecular flexibility index (Phi) is 5.60. The van der Waals surface area contributed by atoms with Crippen LogP contribution >= 0.6 is 15.9 Å². The number of nitrogens with zero attached hydrogens (tertiary/aromatic N) is 2. The SMILES string of the molecule is O=C(CN1C[C@@H](c2ccccc2)CC1=O)N/N=C\c1cccc(Br)c1. The fourth-order valence-electron chi connectivity index (χ4n) is 2.85. The summed E-state index contributed by atoms with van der Waals surface area (Å²) in [6.45, 7) is 0.587. The molecule has 128 valence electrons. The number of carbonyl (C=O) groups excluding carboxylic acids is 2. The number of hydrogen-bond donors (Lipinski definition) is 1. The lowest BCUT2D eigenvalue weighted by atomic mass is 9.99. The quantitative estimate of drug-likeness (QED) is 0.620. The lowest BCUT2D eigenvalue weighted by molar-refractivity contribution is -0.133. The standard InChI is InChI=1S/C19H18BrN3O2/c20-17-8-4-5-14(9-17)11-21-22-18(24)13-23-12-16(10-19(23)25)15-6-2-1-3-7-15/h1-9,11,16H,10,12-13H2,(H,22,24)/b21-11-/t16-/m0/s1. The third-order valence-electron chi connectivity index (χ3n) is 4.07. The van der Waals surface area contributed by atoms with E-state index in [0.717, 1.165) is 15.6 Å². The number of nitrogens with one attached hydrogen (secondary N) is 1. The molecule has 5 nitrogen and oxygen atoms in total. The predicted octanol–water partition coefficient (Wildman–Crippen LogP) is 2.92. The maximum Gasteiger partial charge on any atom is 0.259 e. The van der Waals surface area contributed by atoms with Gasteiger partial charge in [-0.3, -0.25) is 9.59 Å². The van der Waals surface area contributed by atoms with Crippen molar-refractivity contribution in [2.24, 2.45) is 5.10 Å². The number of rotatable bonds is 5. The fraction of sp³-hybridized carbons (Fsp3) is 0.211. The van der Waals surface area contributed by atoms with Crippen LogP contribution in [0.15, 0.2) is 64.2 Å². The Morgan fingerprint density at radius 1 is 1.24 bits per heavy atom. The van der Waals surface area contributed by atoms with E-state index in [-0.39, 0.29) is 24.3 Å². The van der Waals surface area contributed by atoms with Gasteiger partial charge in [-0.15, -0.1) is 0 Å². The summed E-state index contributed by atoms with van der Waals surface area (Å²) >= 11 is 3.38. The van der Waals surface area contributed by atoms with Crippen LogP contribution in [-0.4, -0.2) is 36.0 Å². The van der Waals surface area contributed by atoms with Gasteiger partial charge in [0.1, 0.15) is 6.54 Å². The summed E-state index contributed by atoms with van der Waals surface area (Å²) in [5.74, 6) is -0.153. The second kappa shape index (κ2) is 8.07. The Bertz CT molecular complexity index is 792. The van der Waals surface area contributed by atoms with Gasteiger partial charge in [0.05, 0.1) is 6.21 Å². The van der Waals surface area contributed by atoms with Crippen LogP contribution in [-0.2, 0) is 9.59 Å². The molecule has 6 heteroatoms. The molecule has 0 radical (unpaired) electrons. The van der Waals surface area contributed by atoms with Gasteiger partial charge in [-0.1, -0.05) is 58.4 Å². The highest BCUT2D eigenvalue weighted by Gasteiger charge is 2.31. The van der Waals surface area contributed by atoms with Crippen molar-refractivity contribution in [2.75, 3.05) is 13.1 Å². The zero-order chi connectivity index (χ0) is 17.6. The van der Waals surface area contributed by atoms with Gasteiger partial charge >= 0.3 is 0 Å². The first-order chi connectivity index (χ1) is 12.1. The third kappa shape index (κ3) is 4.76. The monoisotopic (exact) mass is 399 g/mol. The fourth-order valence-corrected chi connectivity index (χ4v) is 3.26. The summed E-state index contributed by atoms with van der Waals surface area (Å²) in [6, 6.07) is 17.5. The van der Waals surface area contributed by atoms with Gasteiger partial charge in [0, 0.05) is 23.4 Å². The van der Waals surface area contributed by atoms with Crippen molar-refractivity contribution < 1.29 is 9.59 Å². The Balaban J connectivity index is 1.52. The van der Waals surface area contributed by atoms with Crippen LogP contribution in [0.4, 0.5) is 0 Å². The van der Waals surface area contributed by atoms with Crippen molar-refractivity contribution in [2.45, 2.75) is 12.3 Å². The van der Waals surface area contributed by atoms with E-state index in [1.165, 1.54) is 0 Å². The summed E-state index contributed by atoms with van der Waals surface area (Å²) in [5, 5.41) is 3.94. The molecular weight excluding hydrogens is 382 g/mol. The molecule has 1 saturated heterocycles. The van der Waals surface area contributed by atoms with Crippen molar-refractivity contribution >= 4 is 34.0 Å². The van der Waals surface area contributed by atoms with Crippen LogP contribution in [0.1, 0.15) is 23.5 Å². The molecule has 2 aromatic carbocycles. The average molecular weight is 400 g/mol. The van der Waals surface area contributed by atoms with E-state index in [1.54, 1.807) is 11.1 Å². The molecule has 1 heterocycles. The second-order valence-corrected chi connectivity index (χ2v) is 6.85. The molecule has 3 rings (SSSR count). The minimum atomic E-state index is -0.298. The summed E-state index contributed by atoms with van der Waals surface area (Å²) in [6.07, 6.45) is 2.01. The molecule has 1 atom stereocenters. The van der Waals surface area contributed by atoms with E-state index in [9.17, 15) is 9.59 Å². The molecule has 1 fully saturated rings. The summed E-state index contributed by atoms with van der Waals surface area (Å²) in [4.78, 5) is 25.7. The van der Waals surface area contributed by atoms with Crippen molar-refractivity contribution in [1.29, 1.82) is 0 Å². The number of amides is 2. The maximum atomic E-state index is 12.1. The van der Waals surface area contributed by atoms with Gasteiger partial charge < -0.3 is 4.90 Å². The number of carbonyl (C=O) groups is 2. The van der Waals surface area contributed by atoms with Gasteiger partial charge in [0.2, 0.25) is 5.91 Å². The van der Waals surface area contributed by atoms with Gasteiger partial charge in [-0.25, -0.2) is 5.43 Å². The van der Waals surface area contributed by atoms with E-state index >= 15 is 0 Å². The Hall–Kier alpha value is -2.47. The zero-order valence-corrected chi connectivity index (χ0v) is 15.1. The molecule has 0 spiro atoms. The average Bonchev–Trinajstić information content (AvgIpc) is 2.96. The molecule has 2 aromatic rings. The number of hydrogen-bond acceptors (Lipinski definition) is 3. The highest BCUT2D eigenvalue weighted by atomic mass is 79.9. The minimum Gasteiger partial charge on any atom is -0.333 e. The summed E-state index contributed by atoms with van der Waals surface area (Å²) in [5.41, 5.74) is 4.48. The highest BCUT2D eigenvalue weighted by Crippen LogP contribution is 2.27. The Labute approximate surface area is 154 Å². The van der Waals surface area contributed by atoms with Crippen molar-refractivity contribution in [3.8, 4) is 0 Å². The molecule has 25 heavy (non-hydrogen) atoms. The third-order valence-corrected chi connectivity index (χ3v) is 4.56. The normalized spacial score (nSPS) is 17.2. The smallest absolute Gasteiger partial charge is 0.259 e.